The van der Waals surface area contributed by atoms with Gasteiger partial charge in [0.05, 0.1) is 0 Å². The highest BCUT2D eigenvalue weighted by Crippen LogP contribution is 2.36. The molecule has 3 aromatic rings. The Labute approximate surface area is 162 Å². The molecule has 136 valence electrons. The zero-order chi connectivity index (χ0) is 18.5. The molecule has 2 heterocycles. The molecule has 0 fully saturated rings. The normalized spacial score (nSPS) is 15.2. The molecule has 1 aromatic heterocycles. The van der Waals surface area contributed by atoms with Crippen molar-refractivity contribution in [1.82, 2.24) is 4.90 Å². The van der Waals surface area contributed by atoms with Crippen LogP contribution < -0.4 is 4.72 Å². The molecule has 2 aromatic carbocycles. The van der Waals surface area contributed by atoms with E-state index in [9.17, 15) is 8.42 Å². The fraction of sp³-hybridized carbons (Fsp3) is 0.263. The quantitative estimate of drug-likeness (QED) is 0.688. The number of rotatable bonds is 3. The first-order valence-corrected chi connectivity index (χ1v) is 11.0. The van der Waals surface area contributed by atoms with Crippen molar-refractivity contribution >= 4 is 48.7 Å². The second kappa shape index (κ2) is 6.53. The summed E-state index contributed by atoms with van der Waals surface area (Å²) in [5, 5.41) is 1.49. The van der Waals surface area contributed by atoms with Crippen LogP contribution in [0, 0.1) is 6.92 Å². The van der Waals surface area contributed by atoms with Gasteiger partial charge in [0, 0.05) is 28.5 Å². The average Bonchev–Trinajstić information content (AvgIpc) is 2.92. The molecule has 0 amide bonds. The smallest absolute Gasteiger partial charge is 0.271 e. The largest absolute Gasteiger partial charge is 0.302 e. The third-order valence-electron chi connectivity index (χ3n) is 4.76. The Balaban J connectivity index is 1.69. The number of nitrogens with zero attached hydrogens (tertiary/aromatic N) is 1. The van der Waals surface area contributed by atoms with Crippen molar-refractivity contribution in [1.29, 1.82) is 0 Å². The Hall–Kier alpha value is -1.60. The number of benzene rings is 2. The van der Waals surface area contributed by atoms with E-state index >= 15 is 0 Å². The third kappa shape index (κ3) is 3.22. The van der Waals surface area contributed by atoms with E-state index in [1.54, 1.807) is 6.07 Å². The van der Waals surface area contributed by atoms with Gasteiger partial charge in [0.15, 0.2) is 0 Å². The maximum absolute atomic E-state index is 13.0. The summed E-state index contributed by atoms with van der Waals surface area (Å²) in [6.07, 6.45) is 0.932. The molecule has 0 atom stereocenters. The van der Waals surface area contributed by atoms with Gasteiger partial charge in [-0.3, -0.25) is 4.72 Å². The number of anilines is 1. The number of thiophene rings is 1. The number of fused-ring (bicyclic) bond motifs is 2. The van der Waals surface area contributed by atoms with Gasteiger partial charge in [-0.2, -0.15) is 0 Å². The van der Waals surface area contributed by atoms with E-state index in [0.717, 1.165) is 35.2 Å². The topological polar surface area (TPSA) is 49.4 Å². The molecule has 0 spiro atoms. The second-order valence-electron chi connectivity index (χ2n) is 6.73. The highest BCUT2D eigenvalue weighted by molar-refractivity contribution is 7.94. The van der Waals surface area contributed by atoms with Crippen LogP contribution in [0.1, 0.15) is 16.7 Å². The van der Waals surface area contributed by atoms with Gasteiger partial charge in [-0.15, -0.1) is 11.3 Å². The average molecular weight is 407 g/mol. The van der Waals surface area contributed by atoms with Crippen molar-refractivity contribution in [3.63, 3.8) is 0 Å². The molecule has 0 aliphatic carbocycles. The fourth-order valence-corrected chi connectivity index (χ4v) is 6.36. The van der Waals surface area contributed by atoms with Crippen LogP contribution in [0.15, 0.2) is 40.6 Å². The minimum atomic E-state index is -3.64. The Kier molecular flexibility index (Phi) is 4.47. The molecule has 1 N–H and O–H groups in total. The highest BCUT2D eigenvalue weighted by Gasteiger charge is 2.23. The van der Waals surface area contributed by atoms with Crippen LogP contribution >= 0.6 is 22.9 Å². The van der Waals surface area contributed by atoms with Gasteiger partial charge >= 0.3 is 0 Å². The van der Waals surface area contributed by atoms with Crippen LogP contribution in [0.5, 0.6) is 0 Å². The van der Waals surface area contributed by atoms with Crippen molar-refractivity contribution in [2.45, 2.75) is 24.1 Å². The van der Waals surface area contributed by atoms with Gasteiger partial charge in [-0.05, 0) is 72.8 Å². The summed E-state index contributed by atoms with van der Waals surface area (Å²) in [7, 11) is -1.55. The van der Waals surface area contributed by atoms with Crippen molar-refractivity contribution in [2.24, 2.45) is 0 Å². The van der Waals surface area contributed by atoms with Crippen LogP contribution in [0.4, 0.5) is 5.69 Å². The number of hydrogen-bond acceptors (Lipinski definition) is 4. The lowest BCUT2D eigenvalue weighted by Gasteiger charge is -2.25. The summed E-state index contributed by atoms with van der Waals surface area (Å²) in [6.45, 7) is 3.71. The van der Waals surface area contributed by atoms with Gasteiger partial charge < -0.3 is 4.90 Å². The summed E-state index contributed by atoms with van der Waals surface area (Å²) >= 11 is 7.33. The van der Waals surface area contributed by atoms with E-state index in [0.29, 0.717) is 14.9 Å². The van der Waals surface area contributed by atoms with E-state index in [1.807, 2.05) is 37.3 Å². The fourth-order valence-electron chi connectivity index (χ4n) is 3.39. The zero-order valence-electron chi connectivity index (χ0n) is 14.5. The minimum Gasteiger partial charge on any atom is -0.302 e. The summed E-state index contributed by atoms with van der Waals surface area (Å²) < 4.78 is 29.9. The van der Waals surface area contributed by atoms with Crippen LogP contribution in [-0.4, -0.2) is 26.9 Å². The SMILES string of the molecule is Cc1c(S(=O)(=O)Nc2ccc3c(c2)CCN(C)C3)sc2ccc(Cl)cc12. The summed E-state index contributed by atoms with van der Waals surface area (Å²) in [4.78, 5) is 2.26. The summed E-state index contributed by atoms with van der Waals surface area (Å²) in [5.41, 5.74) is 3.82. The van der Waals surface area contributed by atoms with E-state index in [2.05, 4.69) is 16.7 Å². The molecule has 1 aliphatic heterocycles. The van der Waals surface area contributed by atoms with Crippen LogP contribution in [0.2, 0.25) is 5.02 Å². The Morgan fingerprint density at radius 1 is 1.15 bits per heavy atom. The van der Waals surface area contributed by atoms with Crippen LogP contribution in [0.25, 0.3) is 10.1 Å². The van der Waals surface area contributed by atoms with E-state index in [-0.39, 0.29) is 0 Å². The number of aryl methyl sites for hydroxylation is 1. The zero-order valence-corrected chi connectivity index (χ0v) is 16.9. The monoisotopic (exact) mass is 406 g/mol. The standard InChI is InChI=1S/C19H19ClN2O2S2/c1-12-17-10-15(20)4-6-18(17)25-19(12)26(23,24)21-16-5-3-14-11-22(2)8-7-13(14)9-16/h3-6,9-10,21H,7-8,11H2,1-2H3. The first-order valence-electron chi connectivity index (χ1n) is 8.35. The minimum absolute atomic E-state index is 0.340. The number of hydrogen-bond donors (Lipinski definition) is 1. The Bertz CT molecular complexity index is 1110. The predicted octanol–water partition coefficient (Wildman–Crippen LogP) is 4.65. The molecule has 26 heavy (non-hydrogen) atoms. The van der Waals surface area contributed by atoms with E-state index in [4.69, 9.17) is 11.6 Å². The van der Waals surface area contributed by atoms with Crippen molar-refractivity contribution in [2.75, 3.05) is 18.3 Å². The molecule has 0 saturated carbocycles. The van der Waals surface area contributed by atoms with Gasteiger partial charge in [-0.1, -0.05) is 17.7 Å². The number of likely N-dealkylation sites (N-methyl/N-ethyl adjacent to an activating group) is 1. The van der Waals surface area contributed by atoms with Crippen molar-refractivity contribution < 1.29 is 8.42 Å². The number of halogens is 1. The highest BCUT2D eigenvalue weighted by atomic mass is 35.5. The molecule has 4 rings (SSSR count). The van der Waals surface area contributed by atoms with Gasteiger partial charge in [0.1, 0.15) is 4.21 Å². The van der Waals surface area contributed by atoms with Gasteiger partial charge in [-0.25, -0.2) is 8.42 Å². The van der Waals surface area contributed by atoms with Crippen molar-refractivity contribution in [3.05, 3.63) is 58.1 Å². The molecular weight excluding hydrogens is 388 g/mol. The lowest BCUT2D eigenvalue weighted by atomic mass is 10.00. The lowest BCUT2D eigenvalue weighted by Crippen LogP contribution is -2.26. The Morgan fingerprint density at radius 2 is 1.96 bits per heavy atom. The molecular formula is C19H19ClN2O2S2. The van der Waals surface area contributed by atoms with Crippen LogP contribution in [0.3, 0.4) is 0 Å². The van der Waals surface area contributed by atoms with Gasteiger partial charge in [0.25, 0.3) is 10.0 Å². The molecule has 0 bridgehead atoms. The maximum atomic E-state index is 13.0. The van der Waals surface area contributed by atoms with Crippen molar-refractivity contribution in [3.8, 4) is 0 Å². The molecule has 7 heteroatoms. The lowest BCUT2D eigenvalue weighted by molar-refractivity contribution is 0.313. The van der Waals surface area contributed by atoms with E-state index < -0.39 is 10.0 Å². The first-order chi connectivity index (χ1) is 12.3. The third-order valence-corrected chi connectivity index (χ3v) is 8.27. The van der Waals surface area contributed by atoms with Crippen LogP contribution in [-0.2, 0) is 23.0 Å². The van der Waals surface area contributed by atoms with E-state index in [1.165, 1.54) is 22.5 Å². The summed E-state index contributed by atoms with van der Waals surface area (Å²) in [6, 6.07) is 11.3. The number of nitrogens with one attached hydrogen (secondary N) is 1. The first kappa shape index (κ1) is 17.8. The Morgan fingerprint density at radius 3 is 2.77 bits per heavy atom. The van der Waals surface area contributed by atoms with Gasteiger partial charge in [0.2, 0.25) is 0 Å². The second-order valence-corrected chi connectivity index (χ2v) is 10.1. The number of sulfonamides is 1. The molecule has 0 unspecified atom stereocenters. The predicted molar refractivity (Wildman–Crippen MR) is 109 cm³/mol. The molecule has 1 aliphatic rings. The molecule has 0 saturated heterocycles. The molecule has 0 radical (unpaired) electrons. The molecule has 4 nitrogen and oxygen atoms in total. The summed E-state index contributed by atoms with van der Waals surface area (Å²) in [5.74, 6) is 0. The maximum Gasteiger partial charge on any atom is 0.271 e.